The van der Waals surface area contributed by atoms with Gasteiger partial charge in [-0.05, 0) is 73.4 Å². The molecule has 4 heterocycles. The normalized spacial score (nSPS) is 21.8. The maximum Gasteiger partial charge on any atom is 0.174 e. The van der Waals surface area contributed by atoms with E-state index in [-0.39, 0.29) is 12.1 Å². The van der Waals surface area contributed by atoms with Crippen LogP contribution in [-0.2, 0) is 7.05 Å². The monoisotopic (exact) mass is 465 g/mol. The zero-order valence-corrected chi connectivity index (χ0v) is 20.0. The highest BCUT2D eigenvalue weighted by molar-refractivity contribution is 7.80. The molecule has 2 saturated heterocycles. The van der Waals surface area contributed by atoms with Gasteiger partial charge in [0, 0.05) is 43.9 Å². The summed E-state index contributed by atoms with van der Waals surface area (Å²) in [5, 5.41) is 4.97. The molecule has 0 radical (unpaired) electrons. The summed E-state index contributed by atoms with van der Waals surface area (Å²) < 4.78 is 2.15. The fourth-order valence-corrected chi connectivity index (χ4v) is 5.51. The van der Waals surface area contributed by atoms with E-state index in [1.165, 1.54) is 18.5 Å². The Labute approximate surface area is 200 Å². The van der Waals surface area contributed by atoms with Crippen LogP contribution in [0.4, 0.5) is 11.4 Å². The molecule has 0 amide bonds. The van der Waals surface area contributed by atoms with Gasteiger partial charge in [-0.25, -0.2) is 0 Å². The fraction of sp³-hybridized carbons (Fsp3) is 0.360. The molecule has 2 aliphatic rings. The van der Waals surface area contributed by atoms with Crippen molar-refractivity contribution in [3.8, 4) is 0 Å². The molecule has 2 fully saturated rings. The smallest absolute Gasteiger partial charge is 0.174 e. The van der Waals surface area contributed by atoms with Crippen LogP contribution in [0.25, 0.3) is 0 Å². The molecular formula is C25H28ClN5S. The van der Waals surface area contributed by atoms with Crippen molar-refractivity contribution >= 4 is 40.3 Å². The first kappa shape index (κ1) is 21.3. The number of pyridine rings is 1. The van der Waals surface area contributed by atoms with E-state index in [0.717, 1.165) is 41.1 Å². The van der Waals surface area contributed by atoms with Gasteiger partial charge in [-0.1, -0.05) is 24.6 Å². The molecule has 2 aliphatic heterocycles. The summed E-state index contributed by atoms with van der Waals surface area (Å²) in [7, 11) is 2.07. The number of thiocarbonyl (C=S) groups is 1. The first-order valence-electron chi connectivity index (χ1n) is 11.2. The number of nitrogens with one attached hydrogen (secondary N) is 1. The van der Waals surface area contributed by atoms with Gasteiger partial charge in [0.2, 0.25) is 0 Å². The van der Waals surface area contributed by atoms with Gasteiger partial charge < -0.3 is 19.7 Å². The van der Waals surface area contributed by atoms with Crippen LogP contribution in [0.5, 0.6) is 0 Å². The summed E-state index contributed by atoms with van der Waals surface area (Å²) in [5.41, 5.74) is 4.23. The summed E-state index contributed by atoms with van der Waals surface area (Å²) in [5.74, 6) is 0.784. The lowest BCUT2D eigenvalue weighted by Gasteiger charge is -2.33. The highest BCUT2D eigenvalue weighted by Gasteiger charge is 2.42. The van der Waals surface area contributed by atoms with Crippen LogP contribution in [0.2, 0.25) is 5.02 Å². The average Bonchev–Trinajstić information content (AvgIpc) is 3.37. The number of hydrogen-bond donors (Lipinski definition) is 1. The minimum absolute atomic E-state index is 0.0323. The van der Waals surface area contributed by atoms with Crippen molar-refractivity contribution in [2.45, 2.75) is 31.8 Å². The number of rotatable bonds is 4. The van der Waals surface area contributed by atoms with Crippen LogP contribution in [-0.4, -0.2) is 27.8 Å². The van der Waals surface area contributed by atoms with Gasteiger partial charge in [-0.15, -0.1) is 0 Å². The van der Waals surface area contributed by atoms with Gasteiger partial charge in [0.25, 0.3) is 0 Å². The Morgan fingerprint density at radius 3 is 2.56 bits per heavy atom. The Morgan fingerprint density at radius 1 is 1.09 bits per heavy atom. The quantitative estimate of drug-likeness (QED) is 0.516. The largest absolute Gasteiger partial charge is 0.370 e. The molecule has 2 atom stereocenters. The van der Waals surface area contributed by atoms with E-state index < -0.39 is 0 Å². The second kappa shape index (κ2) is 8.75. The number of halogens is 1. The number of anilines is 2. The van der Waals surface area contributed by atoms with E-state index in [0.29, 0.717) is 5.11 Å². The second-order valence-electron chi connectivity index (χ2n) is 8.85. The number of hydrogen-bond acceptors (Lipinski definition) is 3. The van der Waals surface area contributed by atoms with E-state index in [4.69, 9.17) is 23.8 Å². The van der Waals surface area contributed by atoms with Crippen LogP contribution in [0, 0.1) is 5.92 Å². The topological polar surface area (TPSA) is 36.3 Å². The summed E-state index contributed by atoms with van der Waals surface area (Å²) in [6.45, 7) is 4.43. The molecule has 0 bridgehead atoms. The SMILES string of the molecule is CC1CCN(c2ccc(N3C(=S)N[C@@H](c4ccccn4)[C@@H]3c3cccn3C)cc2Cl)CC1. The van der Waals surface area contributed by atoms with Crippen molar-refractivity contribution in [1.29, 1.82) is 0 Å². The minimum Gasteiger partial charge on any atom is -0.370 e. The molecule has 0 aliphatic carbocycles. The zero-order chi connectivity index (χ0) is 22.2. The van der Waals surface area contributed by atoms with Crippen molar-refractivity contribution in [3.63, 3.8) is 0 Å². The van der Waals surface area contributed by atoms with Gasteiger partial charge in [-0.3, -0.25) is 4.98 Å². The Balaban J connectivity index is 1.52. The molecule has 2 aromatic heterocycles. The number of aryl methyl sites for hydroxylation is 1. The Morgan fingerprint density at radius 2 is 1.91 bits per heavy atom. The fourth-order valence-electron chi connectivity index (χ4n) is 4.87. The second-order valence-corrected chi connectivity index (χ2v) is 9.64. The van der Waals surface area contributed by atoms with E-state index in [2.05, 4.69) is 75.2 Å². The summed E-state index contributed by atoms with van der Waals surface area (Å²) in [6, 6.07) is 16.5. The molecule has 166 valence electrons. The highest BCUT2D eigenvalue weighted by atomic mass is 35.5. The van der Waals surface area contributed by atoms with Crippen molar-refractivity contribution in [3.05, 3.63) is 77.3 Å². The lowest BCUT2D eigenvalue weighted by atomic mass is 9.98. The predicted octanol–water partition coefficient (Wildman–Crippen LogP) is 5.49. The third-order valence-corrected chi connectivity index (χ3v) is 7.34. The maximum absolute atomic E-state index is 6.83. The van der Waals surface area contributed by atoms with Crippen LogP contribution >= 0.6 is 23.8 Å². The van der Waals surface area contributed by atoms with Crippen molar-refractivity contribution < 1.29 is 0 Å². The molecule has 32 heavy (non-hydrogen) atoms. The lowest BCUT2D eigenvalue weighted by Crippen LogP contribution is -2.33. The zero-order valence-electron chi connectivity index (χ0n) is 18.4. The molecular weight excluding hydrogens is 438 g/mol. The molecule has 0 unspecified atom stereocenters. The van der Waals surface area contributed by atoms with E-state index >= 15 is 0 Å². The maximum atomic E-state index is 6.83. The van der Waals surface area contributed by atoms with Crippen LogP contribution < -0.4 is 15.1 Å². The Hall–Kier alpha value is -2.57. The number of aromatic nitrogens is 2. The van der Waals surface area contributed by atoms with Crippen LogP contribution in [0.3, 0.4) is 0 Å². The molecule has 0 saturated carbocycles. The number of piperidine rings is 1. The number of nitrogens with zero attached hydrogens (tertiary/aromatic N) is 4. The molecule has 5 rings (SSSR count). The number of benzene rings is 1. The summed E-state index contributed by atoms with van der Waals surface area (Å²) in [6.07, 6.45) is 6.31. The predicted molar refractivity (Wildman–Crippen MR) is 135 cm³/mol. The van der Waals surface area contributed by atoms with E-state index in [9.17, 15) is 0 Å². The summed E-state index contributed by atoms with van der Waals surface area (Å²) in [4.78, 5) is 9.20. The van der Waals surface area contributed by atoms with Gasteiger partial charge in [0.05, 0.1) is 22.4 Å². The molecule has 3 aromatic rings. The third kappa shape index (κ3) is 3.86. The van der Waals surface area contributed by atoms with Gasteiger partial charge in [0.1, 0.15) is 6.04 Å². The van der Waals surface area contributed by atoms with Crippen molar-refractivity contribution in [1.82, 2.24) is 14.9 Å². The Kier molecular flexibility index (Phi) is 5.82. The third-order valence-electron chi connectivity index (χ3n) is 6.72. The first-order valence-corrected chi connectivity index (χ1v) is 12.0. The van der Waals surface area contributed by atoms with Gasteiger partial charge in [-0.2, -0.15) is 0 Å². The minimum atomic E-state index is -0.0562. The van der Waals surface area contributed by atoms with Crippen LogP contribution in [0.1, 0.15) is 43.2 Å². The summed E-state index contributed by atoms with van der Waals surface area (Å²) >= 11 is 12.7. The molecule has 7 heteroatoms. The van der Waals surface area contributed by atoms with Gasteiger partial charge >= 0.3 is 0 Å². The van der Waals surface area contributed by atoms with E-state index in [1.54, 1.807) is 0 Å². The standard InChI is InChI=1S/C25H28ClN5S/c1-17-10-14-30(15-11-17)21-9-8-18(16-19(21)26)31-24(22-7-5-13-29(22)2)23(28-25(31)32)20-6-3-4-12-27-20/h3-9,12-13,16-17,23-24H,10-11,14-15H2,1-2H3,(H,28,32)/t23-,24-/m0/s1. The van der Waals surface area contributed by atoms with Crippen molar-refractivity contribution in [2.24, 2.45) is 13.0 Å². The molecule has 0 spiro atoms. The van der Waals surface area contributed by atoms with E-state index in [1.807, 2.05) is 24.4 Å². The highest BCUT2D eigenvalue weighted by Crippen LogP contribution is 2.43. The molecule has 5 nitrogen and oxygen atoms in total. The van der Waals surface area contributed by atoms with Crippen molar-refractivity contribution in [2.75, 3.05) is 22.9 Å². The molecule has 1 N–H and O–H groups in total. The van der Waals surface area contributed by atoms with Gasteiger partial charge in [0.15, 0.2) is 5.11 Å². The average molecular weight is 466 g/mol. The Bertz CT molecular complexity index is 1110. The lowest BCUT2D eigenvalue weighted by molar-refractivity contribution is 0.438. The molecule has 1 aromatic carbocycles. The van der Waals surface area contributed by atoms with Crippen LogP contribution in [0.15, 0.2) is 60.9 Å². The first-order chi connectivity index (χ1) is 15.5.